The quantitative estimate of drug-likeness (QED) is 0.767. The van der Waals surface area contributed by atoms with Crippen molar-refractivity contribution in [2.75, 3.05) is 13.2 Å². The van der Waals surface area contributed by atoms with Crippen molar-refractivity contribution in [1.29, 1.82) is 0 Å². The molecular weight excluding hydrogens is 376 g/mol. The fourth-order valence-corrected chi connectivity index (χ4v) is 3.29. The monoisotopic (exact) mass is 393 g/mol. The highest BCUT2D eigenvalue weighted by Crippen LogP contribution is 2.38. The highest BCUT2D eigenvalue weighted by molar-refractivity contribution is 9.10. The highest BCUT2D eigenvalue weighted by atomic mass is 79.9. The van der Waals surface area contributed by atoms with Crippen LogP contribution in [0.25, 0.3) is 0 Å². The first-order valence-electron chi connectivity index (χ1n) is 7.29. The molecule has 1 aromatic rings. The number of benzene rings is 1. The van der Waals surface area contributed by atoms with Crippen LogP contribution in [0.15, 0.2) is 16.6 Å². The molecule has 1 aliphatic heterocycles. The van der Waals surface area contributed by atoms with Crippen LogP contribution in [-0.4, -0.2) is 41.8 Å². The summed E-state index contributed by atoms with van der Waals surface area (Å²) in [6, 6.07) is 2.75. The van der Waals surface area contributed by atoms with Crippen molar-refractivity contribution >= 4 is 21.9 Å². The molecule has 0 spiro atoms. The first-order valence-corrected chi connectivity index (χ1v) is 8.08. The molecule has 0 bridgehead atoms. The molecule has 1 aliphatic rings. The minimum atomic E-state index is -2.95. The lowest BCUT2D eigenvalue weighted by Gasteiger charge is -2.22. The smallest absolute Gasteiger partial charge is 0.387 e. The zero-order chi connectivity index (χ0) is 17.0. The normalized spacial score (nSPS) is 18.4. The molecule has 0 aromatic heterocycles. The zero-order valence-corrected chi connectivity index (χ0v) is 14.2. The maximum Gasteiger partial charge on any atom is 0.387 e. The molecule has 1 aromatic carbocycles. The van der Waals surface area contributed by atoms with E-state index in [-0.39, 0.29) is 11.5 Å². The van der Waals surface area contributed by atoms with Crippen molar-refractivity contribution in [2.24, 2.45) is 0 Å². The Bertz CT molecular complexity index is 571. The van der Waals surface area contributed by atoms with Crippen LogP contribution in [0.2, 0.25) is 0 Å². The molecule has 8 heteroatoms. The van der Waals surface area contributed by atoms with Crippen molar-refractivity contribution in [3.63, 3.8) is 0 Å². The molecule has 0 radical (unpaired) electrons. The van der Waals surface area contributed by atoms with E-state index in [1.165, 1.54) is 0 Å². The maximum absolute atomic E-state index is 12.5. The van der Waals surface area contributed by atoms with Gasteiger partial charge in [0.05, 0.1) is 11.1 Å². The molecule has 1 heterocycles. The van der Waals surface area contributed by atoms with E-state index in [4.69, 9.17) is 4.74 Å². The lowest BCUT2D eigenvalue weighted by atomic mass is 10.1. The Hall–Kier alpha value is -1.41. The van der Waals surface area contributed by atoms with E-state index in [2.05, 4.69) is 20.7 Å². The summed E-state index contributed by atoms with van der Waals surface area (Å²) in [6.45, 7) is 0.189. The maximum atomic E-state index is 12.5. The topological polar surface area (TPSA) is 59.0 Å². The number of hydrogen-bond acceptors (Lipinski definition) is 4. The summed E-state index contributed by atoms with van der Waals surface area (Å²) in [5.41, 5.74) is 0.773. The number of carboxylic acid groups (broad SMARTS) is 1. The van der Waals surface area contributed by atoms with Gasteiger partial charge in [0.2, 0.25) is 0 Å². The number of alkyl halides is 2. The average Bonchev–Trinajstić information content (AvgIpc) is 2.91. The molecule has 1 N–H and O–H groups in total. The van der Waals surface area contributed by atoms with E-state index in [9.17, 15) is 18.7 Å². The Morgan fingerprint density at radius 3 is 2.87 bits per heavy atom. The number of likely N-dealkylation sites (tertiary alicyclic amines) is 1. The molecule has 1 unspecified atom stereocenters. The van der Waals surface area contributed by atoms with Gasteiger partial charge in [0, 0.05) is 6.54 Å². The minimum absolute atomic E-state index is 0.0539. The lowest BCUT2D eigenvalue weighted by molar-refractivity contribution is -0.142. The summed E-state index contributed by atoms with van der Waals surface area (Å²) >= 11 is 3.22. The number of hydrogen-bond donors (Lipinski definition) is 1. The van der Waals surface area contributed by atoms with Gasteiger partial charge in [-0.2, -0.15) is 8.78 Å². The Morgan fingerprint density at radius 2 is 2.26 bits per heavy atom. The Balaban J connectivity index is 2.24. The van der Waals surface area contributed by atoms with Crippen LogP contribution >= 0.6 is 15.9 Å². The summed E-state index contributed by atoms with van der Waals surface area (Å²) in [7, 11) is 0. The molecule has 23 heavy (non-hydrogen) atoms. The van der Waals surface area contributed by atoms with E-state index >= 15 is 0 Å². The van der Waals surface area contributed by atoms with E-state index in [0.717, 1.165) is 12.0 Å². The molecule has 128 valence electrons. The summed E-state index contributed by atoms with van der Waals surface area (Å²) in [4.78, 5) is 13.1. The summed E-state index contributed by atoms with van der Waals surface area (Å²) in [6.07, 6.45) is 1.43. The molecular formula is C15H18BrF2NO4. The SMILES string of the molecule is CCOc1cc(CN2CCCC2C(=O)O)cc(Br)c1OC(F)F. The van der Waals surface area contributed by atoms with Gasteiger partial charge < -0.3 is 14.6 Å². The molecule has 5 nitrogen and oxygen atoms in total. The number of carbonyl (C=O) groups is 1. The van der Waals surface area contributed by atoms with E-state index in [0.29, 0.717) is 30.6 Å². The second-order valence-corrected chi connectivity index (χ2v) is 6.04. The predicted octanol–water partition coefficient (Wildman–Crippen LogP) is 3.50. The molecule has 0 aliphatic carbocycles. The molecule has 0 saturated carbocycles. The second kappa shape index (κ2) is 7.92. The Labute approximate surface area is 141 Å². The number of rotatable bonds is 7. The fourth-order valence-electron chi connectivity index (χ4n) is 2.71. The number of aliphatic carboxylic acids is 1. The predicted molar refractivity (Wildman–Crippen MR) is 83.0 cm³/mol. The minimum Gasteiger partial charge on any atom is -0.490 e. The van der Waals surface area contributed by atoms with E-state index < -0.39 is 18.6 Å². The van der Waals surface area contributed by atoms with Gasteiger partial charge in [-0.15, -0.1) is 0 Å². The third-order valence-corrected chi connectivity index (χ3v) is 4.20. The van der Waals surface area contributed by atoms with Gasteiger partial charge in [0.1, 0.15) is 6.04 Å². The zero-order valence-electron chi connectivity index (χ0n) is 12.6. The van der Waals surface area contributed by atoms with Crippen LogP contribution < -0.4 is 9.47 Å². The summed E-state index contributed by atoms with van der Waals surface area (Å²) < 4.78 is 35.3. The Kier molecular flexibility index (Phi) is 6.17. The average molecular weight is 394 g/mol. The van der Waals surface area contributed by atoms with Crippen molar-refractivity contribution in [2.45, 2.75) is 39.0 Å². The second-order valence-electron chi connectivity index (χ2n) is 5.18. The summed E-state index contributed by atoms with van der Waals surface area (Å²) in [5.74, 6) is -0.686. The molecule has 2 rings (SSSR count). The van der Waals surface area contributed by atoms with E-state index in [1.54, 1.807) is 19.1 Å². The first-order chi connectivity index (χ1) is 10.9. The standard InChI is InChI=1S/C15H18BrF2NO4/c1-2-22-12-7-9(6-10(16)13(12)23-15(17)18)8-19-5-3-4-11(19)14(20)21/h6-7,11,15H,2-5,8H2,1H3,(H,20,21). The van der Waals surface area contributed by atoms with Crippen molar-refractivity contribution in [1.82, 2.24) is 4.90 Å². The third-order valence-electron chi connectivity index (χ3n) is 3.61. The largest absolute Gasteiger partial charge is 0.490 e. The van der Waals surface area contributed by atoms with Gasteiger partial charge in [-0.1, -0.05) is 0 Å². The van der Waals surface area contributed by atoms with Gasteiger partial charge in [-0.25, -0.2) is 0 Å². The molecule has 1 atom stereocenters. The van der Waals surface area contributed by atoms with Crippen LogP contribution in [-0.2, 0) is 11.3 Å². The van der Waals surface area contributed by atoms with Gasteiger partial charge in [-0.05, 0) is 59.9 Å². The molecule has 1 saturated heterocycles. The van der Waals surface area contributed by atoms with Crippen LogP contribution in [0.1, 0.15) is 25.3 Å². The van der Waals surface area contributed by atoms with Crippen molar-refractivity contribution < 1.29 is 28.2 Å². The van der Waals surface area contributed by atoms with Crippen molar-refractivity contribution in [3.8, 4) is 11.5 Å². The highest BCUT2D eigenvalue weighted by Gasteiger charge is 2.30. The van der Waals surface area contributed by atoms with Crippen LogP contribution in [0, 0.1) is 0 Å². The number of nitrogens with zero attached hydrogens (tertiary/aromatic N) is 1. The Morgan fingerprint density at radius 1 is 1.52 bits per heavy atom. The number of carboxylic acids is 1. The summed E-state index contributed by atoms with van der Waals surface area (Å²) in [5, 5.41) is 9.22. The van der Waals surface area contributed by atoms with Gasteiger partial charge in [0.25, 0.3) is 0 Å². The number of ether oxygens (including phenoxy) is 2. The van der Waals surface area contributed by atoms with Gasteiger partial charge >= 0.3 is 12.6 Å². The van der Waals surface area contributed by atoms with Crippen LogP contribution in [0.3, 0.4) is 0 Å². The molecule has 0 amide bonds. The van der Waals surface area contributed by atoms with E-state index in [1.807, 2.05) is 4.90 Å². The third kappa shape index (κ3) is 4.54. The van der Waals surface area contributed by atoms with Crippen LogP contribution in [0.4, 0.5) is 8.78 Å². The molecule has 1 fully saturated rings. The van der Waals surface area contributed by atoms with Gasteiger partial charge in [0.15, 0.2) is 11.5 Å². The lowest BCUT2D eigenvalue weighted by Crippen LogP contribution is -2.35. The van der Waals surface area contributed by atoms with Crippen molar-refractivity contribution in [3.05, 3.63) is 22.2 Å². The van der Waals surface area contributed by atoms with Crippen LogP contribution in [0.5, 0.6) is 11.5 Å². The fraction of sp³-hybridized carbons (Fsp3) is 0.533. The van der Waals surface area contributed by atoms with Gasteiger partial charge in [-0.3, -0.25) is 9.69 Å². The first kappa shape index (κ1) is 17.9. The number of halogens is 3.